The molecule has 3 rings (SSSR count). The third kappa shape index (κ3) is 5.66. The van der Waals surface area contributed by atoms with Gasteiger partial charge >= 0.3 is 0 Å². The summed E-state index contributed by atoms with van der Waals surface area (Å²) in [6.45, 7) is 4.20. The van der Waals surface area contributed by atoms with Crippen LogP contribution in [0.4, 0.5) is 0 Å². The topological polar surface area (TPSA) is 95.6 Å². The van der Waals surface area contributed by atoms with Gasteiger partial charge in [0.2, 0.25) is 15.9 Å². The number of aryl methyl sites for hydroxylation is 2. The van der Waals surface area contributed by atoms with E-state index in [-0.39, 0.29) is 22.1 Å². The van der Waals surface area contributed by atoms with Crippen LogP contribution in [0.1, 0.15) is 41.8 Å². The van der Waals surface area contributed by atoms with Crippen molar-refractivity contribution in [3.63, 3.8) is 0 Å². The lowest BCUT2D eigenvalue weighted by molar-refractivity contribution is -0.119. The van der Waals surface area contributed by atoms with Gasteiger partial charge < -0.3 is 0 Å². The Morgan fingerprint density at radius 1 is 1.00 bits per heavy atom. The van der Waals surface area contributed by atoms with Crippen LogP contribution < -0.4 is 10.9 Å². The number of hydrazine groups is 1. The van der Waals surface area contributed by atoms with E-state index in [4.69, 9.17) is 0 Å². The van der Waals surface area contributed by atoms with E-state index in [0.29, 0.717) is 13.1 Å². The van der Waals surface area contributed by atoms with Gasteiger partial charge in [-0.2, -0.15) is 4.31 Å². The summed E-state index contributed by atoms with van der Waals surface area (Å²) < 4.78 is 26.6. The van der Waals surface area contributed by atoms with Gasteiger partial charge in [-0.25, -0.2) is 8.42 Å². The molecule has 0 unspecified atom stereocenters. The van der Waals surface area contributed by atoms with E-state index in [9.17, 15) is 18.0 Å². The van der Waals surface area contributed by atoms with Crippen LogP contribution in [-0.4, -0.2) is 43.4 Å². The molecule has 9 heteroatoms. The summed E-state index contributed by atoms with van der Waals surface area (Å²) in [4.78, 5) is 25.6. The molecule has 31 heavy (non-hydrogen) atoms. The summed E-state index contributed by atoms with van der Waals surface area (Å²) in [5.74, 6) is -0.756. The van der Waals surface area contributed by atoms with E-state index in [2.05, 4.69) is 23.0 Å². The molecule has 7 nitrogen and oxygen atoms in total. The number of carbonyl (C=O) groups excluding carboxylic acids is 2. The van der Waals surface area contributed by atoms with Gasteiger partial charge in [0.25, 0.3) is 5.91 Å². The fourth-order valence-electron chi connectivity index (χ4n) is 3.53. The highest BCUT2D eigenvalue weighted by Gasteiger charge is 2.22. The molecule has 1 aliphatic carbocycles. The van der Waals surface area contributed by atoms with Crippen molar-refractivity contribution >= 4 is 33.6 Å². The summed E-state index contributed by atoms with van der Waals surface area (Å²) in [5.41, 5.74) is 7.62. The van der Waals surface area contributed by atoms with Crippen molar-refractivity contribution < 1.29 is 18.0 Å². The van der Waals surface area contributed by atoms with Crippen molar-refractivity contribution in [1.82, 2.24) is 15.2 Å². The number of nitrogens with zero attached hydrogens (tertiary/aromatic N) is 1. The Bertz CT molecular complexity index is 1070. The molecule has 166 valence electrons. The van der Waals surface area contributed by atoms with Crippen LogP contribution >= 0.6 is 11.8 Å². The fraction of sp³-hybridized carbons (Fsp3) is 0.364. The number of amides is 2. The van der Waals surface area contributed by atoms with Crippen molar-refractivity contribution in [2.75, 3.05) is 18.8 Å². The molecule has 0 aromatic heterocycles. The Balaban J connectivity index is 1.55. The van der Waals surface area contributed by atoms with E-state index in [1.165, 1.54) is 57.9 Å². The molecule has 0 saturated heterocycles. The first-order chi connectivity index (χ1) is 14.8. The van der Waals surface area contributed by atoms with Crippen LogP contribution in [-0.2, 0) is 27.7 Å². The average molecular weight is 462 g/mol. The highest BCUT2D eigenvalue weighted by molar-refractivity contribution is 8.00. The smallest absolute Gasteiger partial charge is 0.269 e. The summed E-state index contributed by atoms with van der Waals surface area (Å²) in [7, 11) is -3.67. The molecule has 2 N–H and O–H groups in total. The predicted molar refractivity (Wildman–Crippen MR) is 121 cm³/mol. The lowest BCUT2D eigenvalue weighted by Crippen LogP contribution is -2.42. The molecule has 0 heterocycles. The van der Waals surface area contributed by atoms with Gasteiger partial charge in [-0.1, -0.05) is 26.0 Å². The normalized spacial score (nSPS) is 13.1. The number of benzene rings is 2. The predicted octanol–water partition coefficient (Wildman–Crippen LogP) is 2.76. The van der Waals surface area contributed by atoms with E-state index >= 15 is 0 Å². The lowest BCUT2D eigenvalue weighted by atomic mass is 10.1. The zero-order valence-electron chi connectivity index (χ0n) is 17.7. The van der Waals surface area contributed by atoms with Crippen LogP contribution in [0.2, 0.25) is 0 Å². The number of rotatable bonds is 8. The van der Waals surface area contributed by atoms with Crippen molar-refractivity contribution in [1.29, 1.82) is 0 Å². The van der Waals surface area contributed by atoms with E-state index < -0.39 is 15.9 Å². The lowest BCUT2D eigenvalue weighted by Gasteiger charge is -2.18. The second kappa shape index (κ2) is 10.3. The standard InChI is InChI=1S/C22H27N3O4S2/c1-3-25(4-2)31(28,29)20-10-6-9-18(14-20)22(27)24-23-21(26)15-30-19-12-11-16-7-5-8-17(16)13-19/h6,9-14H,3-5,7-8,15H2,1-2H3,(H,23,26)(H,24,27). The first kappa shape index (κ1) is 23.3. The number of thioether (sulfide) groups is 1. The summed E-state index contributed by atoms with van der Waals surface area (Å²) in [6.07, 6.45) is 3.37. The maximum absolute atomic E-state index is 12.6. The van der Waals surface area contributed by atoms with Crippen molar-refractivity contribution in [2.24, 2.45) is 0 Å². The van der Waals surface area contributed by atoms with Gasteiger partial charge in [0.05, 0.1) is 10.6 Å². The molecule has 2 aromatic rings. The zero-order valence-corrected chi connectivity index (χ0v) is 19.3. The largest absolute Gasteiger partial charge is 0.272 e. The quantitative estimate of drug-likeness (QED) is 0.466. The molecule has 0 spiro atoms. The second-order valence-corrected chi connectivity index (χ2v) is 10.2. The number of hydrogen-bond donors (Lipinski definition) is 2. The number of nitrogens with one attached hydrogen (secondary N) is 2. The van der Waals surface area contributed by atoms with E-state index in [1.807, 2.05) is 6.07 Å². The average Bonchev–Trinajstić information content (AvgIpc) is 3.24. The Hall–Kier alpha value is -2.36. The molecular formula is C22H27N3O4S2. The maximum atomic E-state index is 12.6. The number of sulfonamides is 1. The first-order valence-electron chi connectivity index (χ1n) is 10.3. The monoisotopic (exact) mass is 461 g/mol. The van der Waals surface area contributed by atoms with E-state index in [0.717, 1.165) is 17.7 Å². The first-order valence-corrected chi connectivity index (χ1v) is 12.7. The molecule has 2 aromatic carbocycles. The van der Waals surface area contributed by atoms with Crippen molar-refractivity contribution in [2.45, 2.75) is 42.9 Å². The van der Waals surface area contributed by atoms with Crippen LogP contribution in [0.3, 0.4) is 0 Å². The molecule has 0 bridgehead atoms. The highest BCUT2D eigenvalue weighted by atomic mass is 32.2. The van der Waals surface area contributed by atoms with Crippen LogP contribution in [0, 0.1) is 0 Å². The summed E-state index contributed by atoms with van der Waals surface area (Å²) >= 11 is 1.41. The van der Waals surface area contributed by atoms with Crippen molar-refractivity contribution in [3.8, 4) is 0 Å². The molecule has 0 atom stereocenters. The van der Waals surface area contributed by atoms with Gasteiger partial charge in [0.1, 0.15) is 0 Å². The van der Waals surface area contributed by atoms with Gasteiger partial charge in [-0.05, 0) is 60.7 Å². The molecule has 0 radical (unpaired) electrons. The fourth-order valence-corrected chi connectivity index (χ4v) is 5.80. The van der Waals surface area contributed by atoms with E-state index in [1.54, 1.807) is 13.8 Å². The molecular weight excluding hydrogens is 434 g/mol. The van der Waals surface area contributed by atoms with Crippen LogP contribution in [0.25, 0.3) is 0 Å². The van der Waals surface area contributed by atoms with Gasteiger partial charge in [0.15, 0.2) is 0 Å². The van der Waals surface area contributed by atoms with Gasteiger partial charge in [0, 0.05) is 23.5 Å². The Morgan fingerprint density at radius 3 is 2.48 bits per heavy atom. The SMILES string of the molecule is CCN(CC)S(=O)(=O)c1cccc(C(=O)NNC(=O)CSc2ccc3c(c2)CCC3)c1. The van der Waals surface area contributed by atoms with Crippen LogP contribution in [0.5, 0.6) is 0 Å². The minimum atomic E-state index is -3.67. The number of hydrogen-bond acceptors (Lipinski definition) is 5. The van der Waals surface area contributed by atoms with Gasteiger partial charge in [-0.15, -0.1) is 11.8 Å². The Kier molecular flexibility index (Phi) is 7.74. The second-order valence-electron chi connectivity index (χ2n) is 7.19. The molecule has 2 amide bonds. The Labute approximate surface area is 187 Å². The van der Waals surface area contributed by atoms with Crippen LogP contribution in [0.15, 0.2) is 52.3 Å². The van der Waals surface area contributed by atoms with Gasteiger partial charge in [-0.3, -0.25) is 20.4 Å². The summed E-state index contributed by atoms with van der Waals surface area (Å²) in [6, 6.07) is 12.0. The number of carbonyl (C=O) groups is 2. The molecule has 1 aliphatic rings. The summed E-state index contributed by atoms with van der Waals surface area (Å²) in [5, 5.41) is 0. The van der Waals surface area contributed by atoms with Crippen molar-refractivity contribution in [3.05, 3.63) is 59.2 Å². The number of fused-ring (bicyclic) bond motifs is 1. The Morgan fingerprint density at radius 2 is 1.74 bits per heavy atom. The maximum Gasteiger partial charge on any atom is 0.269 e. The molecule has 0 fully saturated rings. The molecule has 0 aliphatic heterocycles. The minimum Gasteiger partial charge on any atom is -0.272 e. The third-order valence-corrected chi connectivity index (χ3v) is 8.23. The highest BCUT2D eigenvalue weighted by Crippen LogP contribution is 2.27. The minimum absolute atomic E-state index is 0.0438. The molecule has 0 saturated carbocycles. The zero-order chi connectivity index (χ0) is 22.4. The third-order valence-electron chi connectivity index (χ3n) is 5.19.